The lowest BCUT2D eigenvalue weighted by Gasteiger charge is -2.21. The number of carbonyl (C=O) groups is 1. The molecule has 4 rings (SSSR count). The number of benzene rings is 2. The van der Waals surface area contributed by atoms with Crippen molar-refractivity contribution in [1.82, 2.24) is 20.1 Å². The molecular weight excluding hydrogens is 436 g/mol. The van der Waals surface area contributed by atoms with Gasteiger partial charge in [-0.25, -0.2) is 0 Å². The summed E-state index contributed by atoms with van der Waals surface area (Å²) in [5.41, 5.74) is 1.77. The number of nitrogens with one attached hydrogen (secondary N) is 1. The van der Waals surface area contributed by atoms with Crippen LogP contribution in [0.5, 0.6) is 11.5 Å². The highest BCUT2D eigenvalue weighted by Crippen LogP contribution is 2.33. The maximum absolute atomic E-state index is 12.5. The summed E-state index contributed by atoms with van der Waals surface area (Å²) >= 11 is 1.38. The normalized spacial score (nSPS) is 14.1. The fourth-order valence-electron chi connectivity index (χ4n) is 4.16. The van der Waals surface area contributed by atoms with Crippen molar-refractivity contribution in [3.8, 4) is 28.6 Å². The van der Waals surface area contributed by atoms with E-state index >= 15 is 0 Å². The maximum atomic E-state index is 12.5. The number of hydrogen-bond acceptors (Lipinski definition) is 6. The van der Waals surface area contributed by atoms with Gasteiger partial charge in [0.1, 0.15) is 0 Å². The molecule has 1 heterocycles. The number of methoxy groups -OCH3 is 2. The largest absolute Gasteiger partial charge is 0.493 e. The van der Waals surface area contributed by atoms with Crippen molar-refractivity contribution in [1.29, 1.82) is 0 Å². The minimum Gasteiger partial charge on any atom is -0.493 e. The predicted octanol–water partition coefficient (Wildman–Crippen LogP) is 4.74. The standard InChI is InChI=1S/C25H30N4O3S/c1-31-21-14-13-20(15-22(21)32-2)29-24(19-11-7-4-8-12-19)27-28-25(29)33-17-23(30)26-16-18-9-5-3-6-10-18/h4,7-8,11-15,18H,3,5-6,9-10,16-17H2,1-2H3,(H,26,30). The molecule has 3 aromatic rings. The number of amides is 1. The van der Waals surface area contributed by atoms with Gasteiger partial charge in [-0.3, -0.25) is 9.36 Å². The van der Waals surface area contributed by atoms with E-state index < -0.39 is 0 Å². The van der Waals surface area contributed by atoms with Crippen LogP contribution in [-0.2, 0) is 4.79 Å². The molecule has 33 heavy (non-hydrogen) atoms. The number of ether oxygens (including phenoxy) is 2. The van der Waals surface area contributed by atoms with Gasteiger partial charge in [0.15, 0.2) is 22.5 Å². The van der Waals surface area contributed by atoms with E-state index in [0.717, 1.165) is 17.8 Å². The summed E-state index contributed by atoms with van der Waals surface area (Å²) in [6.45, 7) is 0.761. The van der Waals surface area contributed by atoms with Crippen molar-refractivity contribution in [3.05, 3.63) is 48.5 Å². The highest BCUT2D eigenvalue weighted by Gasteiger charge is 2.19. The van der Waals surface area contributed by atoms with Crippen LogP contribution in [0.1, 0.15) is 32.1 Å². The second-order valence-corrected chi connectivity index (χ2v) is 9.09. The van der Waals surface area contributed by atoms with E-state index in [-0.39, 0.29) is 11.7 Å². The second-order valence-electron chi connectivity index (χ2n) is 8.14. The van der Waals surface area contributed by atoms with Crippen LogP contribution in [0.15, 0.2) is 53.7 Å². The van der Waals surface area contributed by atoms with E-state index in [4.69, 9.17) is 9.47 Å². The zero-order valence-electron chi connectivity index (χ0n) is 19.1. The van der Waals surface area contributed by atoms with Gasteiger partial charge in [0.2, 0.25) is 5.91 Å². The van der Waals surface area contributed by atoms with E-state index in [1.165, 1.54) is 43.9 Å². The first-order valence-electron chi connectivity index (χ1n) is 11.3. The molecule has 0 unspecified atom stereocenters. The molecule has 0 saturated heterocycles. The minimum absolute atomic E-state index is 0.0219. The molecule has 1 saturated carbocycles. The van der Waals surface area contributed by atoms with Gasteiger partial charge in [0.25, 0.3) is 0 Å². The van der Waals surface area contributed by atoms with Gasteiger partial charge in [-0.15, -0.1) is 10.2 Å². The first-order chi connectivity index (χ1) is 16.2. The molecule has 0 spiro atoms. The molecule has 0 radical (unpaired) electrons. The summed E-state index contributed by atoms with van der Waals surface area (Å²) in [5, 5.41) is 12.6. The molecule has 0 atom stereocenters. The van der Waals surface area contributed by atoms with E-state index in [9.17, 15) is 4.79 Å². The number of thioether (sulfide) groups is 1. The highest BCUT2D eigenvalue weighted by atomic mass is 32.2. The van der Waals surface area contributed by atoms with Crippen molar-refractivity contribution in [3.63, 3.8) is 0 Å². The van der Waals surface area contributed by atoms with Crippen LogP contribution in [0.25, 0.3) is 17.1 Å². The Hall–Kier alpha value is -3.00. The van der Waals surface area contributed by atoms with E-state index in [1.807, 2.05) is 53.1 Å². The van der Waals surface area contributed by atoms with Crippen molar-refractivity contribution in [2.45, 2.75) is 37.3 Å². The minimum atomic E-state index is 0.0219. The summed E-state index contributed by atoms with van der Waals surface area (Å²) < 4.78 is 12.8. The molecular formula is C25H30N4O3S. The van der Waals surface area contributed by atoms with E-state index in [0.29, 0.717) is 28.4 Å². The molecule has 1 aliphatic rings. The van der Waals surface area contributed by atoms with Crippen molar-refractivity contribution in [2.24, 2.45) is 5.92 Å². The molecule has 7 nitrogen and oxygen atoms in total. The average Bonchev–Trinajstić information content (AvgIpc) is 3.31. The van der Waals surface area contributed by atoms with E-state index in [2.05, 4.69) is 15.5 Å². The van der Waals surface area contributed by atoms with Gasteiger partial charge in [-0.05, 0) is 30.9 Å². The van der Waals surface area contributed by atoms with Gasteiger partial charge in [0, 0.05) is 18.2 Å². The molecule has 0 bridgehead atoms. The molecule has 0 aliphatic heterocycles. The smallest absolute Gasteiger partial charge is 0.230 e. The summed E-state index contributed by atoms with van der Waals surface area (Å²) in [7, 11) is 3.22. The fourth-order valence-corrected chi connectivity index (χ4v) is 4.95. The third kappa shape index (κ3) is 5.68. The molecule has 1 aliphatic carbocycles. The third-order valence-corrected chi connectivity index (χ3v) is 6.86. The Morgan fingerprint density at radius 3 is 2.52 bits per heavy atom. The fraction of sp³-hybridized carbons (Fsp3) is 0.400. The maximum Gasteiger partial charge on any atom is 0.230 e. The number of rotatable bonds is 9. The van der Waals surface area contributed by atoms with Crippen LogP contribution in [0.2, 0.25) is 0 Å². The van der Waals surface area contributed by atoms with Gasteiger partial charge < -0.3 is 14.8 Å². The topological polar surface area (TPSA) is 78.3 Å². The molecule has 2 aromatic carbocycles. The lowest BCUT2D eigenvalue weighted by molar-refractivity contribution is -0.118. The van der Waals surface area contributed by atoms with E-state index in [1.54, 1.807) is 14.2 Å². The zero-order chi connectivity index (χ0) is 23.0. The van der Waals surface area contributed by atoms with Crippen LogP contribution in [0.4, 0.5) is 0 Å². The Morgan fingerprint density at radius 1 is 1.03 bits per heavy atom. The first kappa shape index (κ1) is 23.2. The Kier molecular flexibility index (Phi) is 7.88. The SMILES string of the molecule is COc1ccc(-n2c(SCC(=O)NCC3CCCCC3)nnc2-c2ccccc2)cc1OC. The molecule has 1 amide bonds. The number of carbonyl (C=O) groups excluding carboxylic acids is 1. The van der Waals surface area contributed by atoms with Crippen LogP contribution in [0, 0.1) is 5.92 Å². The monoisotopic (exact) mass is 466 g/mol. The molecule has 8 heteroatoms. The summed E-state index contributed by atoms with van der Waals surface area (Å²) in [5.74, 6) is 2.87. The van der Waals surface area contributed by atoms with Crippen molar-refractivity contribution >= 4 is 17.7 Å². The predicted molar refractivity (Wildman–Crippen MR) is 130 cm³/mol. The van der Waals surface area contributed by atoms with Crippen LogP contribution >= 0.6 is 11.8 Å². The highest BCUT2D eigenvalue weighted by molar-refractivity contribution is 7.99. The van der Waals surface area contributed by atoms with Crippen LogP contribution in [0.3, 0.4) is 0 Å². The van der Waals surface area contributed by atoms with Gasteiger partial charge in [-0.2, -0.15) is 0 Å². The lowest BCUT2D eigenvalue weighted by Crippen LogP contribution is -2.31. The summed E-state index contributed by atoms with van der Waals surface area (Å²) in [6.07, 6.45) is 6.27. The van der Waals surface area contributed by atoms with Crippen LogP contribution < -0.4 is 14.8 Å². The van der Waals surface area contributed by atoms with Gasteiger partial charge in [-0.1, -0.05) is 61.4 Å². The quantitative estimate of drug-likeness (QED) is 0.459. The Morgan fingerprint density at radius 2 is 1.79 bits per heavy atom. The van der Waals surface area contributed by atoms with Crippen molar-refractivity contribution in [2.75, 3.05) is 26.5 Å². The molecule has 174 valence electrons. The Bertz CT molecular complexity index is 1060. The Labute approximate surface area is 198 Å². The average molecular weight is 467 g/mol. The second kappa shape index (κ2) is 11.2. The van der Waals surface area contributed by atoms with Crippen molar-refractivity contribution < 1.29 is 14.3 Å². The first-order valence-corrected chi connectivity index (χ1v) is 12.3. The van der Waals surface area contributed by atoms with Gasteiger partial charge in [0.05, 0.1) is 25.7 Å². The molecule has 1 fully saturated rings. The number of aromatic nitrogens is 3. The lowest BCUT2D eigenvalue weighted by atomic mass is 9.89. The number of hydrogen-bond donors (Lipinski definition) is 1. The van der Waals surface area contributed by atoms with Crippen LogP contribution in [-0.4, -0.2) is 47.2 Å². The molecule has 1 aromatic heterocycles. The number of nitrogens with zero attached hydrogens (tertiary/aromatic N) is 3. The third-order valence-electron chi connectivity index (χ3n) is 5.94. The van der Waals surface area contributed by atoms with Gasteiger partial charge >= 0.3 is 0 Å². The summed E-state index contributed by atoms with van der Waals surface area (Å²) in [6, 6.07) is 15.6. The Balaban J connectivity index is 1.55. The zero-order valence-corrected chi connectivity index (χ0v) is 19.9. The molecule has 1 N–H and O–H groups in total. The summed E-state index contributed by atoms with van der Waals surface area (Å²) in [4.78, 5) is 12.5.